The summed E-state index contributed by atoms with van der Waals surface area (Å²) in [5.74, 6) is 0. The number of thioether (sulfide) groups is 1. The average molecular weight is 273 g/mol. The molecule has 3 unspecified atom stereocenters. The quantitative estimate of drug-likeness (QED) is 0.600. The molecule has 0 aliphatic carbocycles. The predicted molar refractivity (Wildman–Crippen MR) is 52.6 cm³/mol. The maximum Gasteiger partial charge on any atom is 0.439 e. The first-order chi connectivity index (χ1) is 7.84. The van der Waals surface area contributed by atoms with Crippen LogP contribution in [0.3, 0.4) is 0 Å². The van der Waals surface area contributed by atoms with E-state index in [1.54, 1.807) is 0 Å². The molecule has 0 spiro atoms. The van der Waals surface area contributed by atoms with Gasteiger partial charge in [-0.1, -0.05) is 11.8 Å². The Hall–Kier alpha value is -0.350. The summed E-state index contributed by atoms with van der Waals surface area (Å²) in [4.78, 5) is 3.32. The zero-order chi connectivity index (χ0) is 12.8. The summed E-state index contributed by atoms with van der Waals surface area (Å²) in [5, 5.41) is 26.9. The van der Waals surface area contributed by atoms with Crippen LogP contribution in [0, 0.1) is 0 Å². The second-order valence-electron chi connectivity index (χ2n) is 3.75. The van der Waals surface area contributed by atoms with Gasteiger partial charge in [-0.2, -0.15) is 13.2 Å². The third-order valence-corrected chi connectivity index (χ3v) is 3.77. The van der Waals surface area contributed by atoms with Crippen molar-refractivity contribution in [3.8, 4) is 0 Å². The smallest absolute Gasteiger partial charge is 0.394 e. The Balaban J connectivity index is 2.18. The molecule has 17 heavy (non-hydrogen) atoms. The Morgan fingerprint density at radius 2 is 1.94 bits per heavy atom. The van der Waals surface area contributed by atoms with Gasteiger partial charge in [-0.05, 0) is 0 Å². The number of fused-ring (bicyclic) bond motifs is 1. The van der Waals surface area contributed by atoms with Gasteiger partial charge in [0.05, 0.1) is 6.61 Å². The third-order valence-electron chi connectivity index (χ3n) is 2.59. The maximum absolute atomic E-state index is 12.4. The highest BCUT2D eigenvalue weighted by Crippen LogP contribution is 2.41. The molecule has 9 heteroatoms. The number of hydrogen-bond donors (Lipinski definition) is 3. The Bertz CT molecular complexity index is 337. The number of hydrogen-bond acceptors (Lipinski definition) is 6. The molecular weight excluding hydrogens is 263 g/mol. The normalized spacial score (nSPS) is 42.2. The van der Waals surface area contributed by atoms with Crippen molar-refractivity contribution >= 4 is 16.8 Å². The molecule has 0 aromatic carbocycles. The van der Waals surface area contributed by atoms with Gasteiger partial charge in [0.2, 0.25) is 0 Å². The molecular formula is C8H10F3NO4S. The standard InChI is InChI=1S/C8H10F3NO4S/c9-8(10,11)7-12-3-5(15)4(14)2(1-13)16-6(3)17-7/h2-6,13-15H,1H2/t2?,3?,4-,5-,6?/m1/s1. The summed E-state index contributed by atoms with van der Waals surface area (Å²) in [6.07, 6.45) is -8.61. The summed E-state index contributed by atoms with van der Waals surface area (Å²) in [6.45, 7) is -0.580. The van der Waals surface area contributed by atoms with E-state index in [1.807, 2.05) is 0 Å². The molecule has 0 amide bonds. The predicted octanol–water partition coefficient (Wildman–Crippen LogP) is -0.498. The van der Waals surface area contributed by atoms with Crippen LogP contribution >= 0.6 is 11.8 Å². The number of rotatable bonds is 1. The average Bonchev–Trinajstić information content (AvgIpc) is 2.67. The van der Waals surface area contributed by atoms with E-state index in [0.29, 0.717) is 11.8 Å². The van der Waals surface area contributed by atoms with E-state index in [0.717, 1.165) is 0 Å². The van der Waals surface area contributed by atoms with Crippen LogP contribution in [0.4, 0.5) is 13.2 Å². The summed E-state index contributed by atoms with van der Waals surface area (Å²) >= 11 is 0.347. The number of aliphatic hydroxyl groups is 3. The van der Waals surface area contributed by atoms with E-state index in [9.17, 15) is 23.4 Å². The van der Waals surface area contributed by atoms with E-state index in [4.69, 9.17) is 9.84 Å². The third kappa shape index (κ3) is 2.29. The van der Waals surface area contributed by atoms with Crippen molar-refractivity contribution in [3.63, 3.8) is 0 Å². The van der Waals surface area contributed by atoms with Gasteiger partial charge in [0.1, 0.15) is 29.8 Å². The van der Waals surface area contributed by atoms with Gasteiger partial charge in [0, 0.05) is 0 Å². The molecule has 1 fully saturated rings. The number of nitrogens with zero attached hydrogens (tertiary/aromatic N) is 1. The fourth-order valence-corrected chi connectivity index (χ4v) is 2.81. The molecule has 5 atom stereocenters. The number of halogens is 3. The molecule has 5 nitrogen and oxygen atoms in total. The summed E-state index contributed by atoms with van der Waals surface area (Å²) in [6, 6.07) is -1.16. The van der Waals surface area contributed by atoms with Gasteiger partial charge in [-0.15, -0.1) is 0 Å². The van der Waals surface area contributed by atoms with Crippen molar-refractivity contribution in [2.45, 2.75) is 36.0 Å². The monoisotopic (exact) mass is 273 g/mol. The Labute approximate surface area is 98.3 Å². The zero-order valence-electron chi connectivity index (χ0n) is 8.33. The minimum absolute atomic E-state index is 0.347. The van der Waals surface area contributed by atoms with Crippen molar-refractivity contribution in [1.82, 2.24) is 0 Å². The van der Waals surface area contributed by atoms with Crippen molar-refractivity contribution in [3.05, 3.63) is 0 Å². The van der Waals surface area contributed by atoms with Crippen molar-refractivity contribution in [1.29, 1.82) is 0 Å². The van der Waals surface area contributed by atoms with Crippen molar-refractivity contribution in [2.75, 3.05) is 6.61 Å². The lowest BCUT2D eigenvalue weighted by Gasteiger charge is -2.37. The number of aliphatic imine (C=N–C) groups is 1. The van der Waals surface area contributed by atoms with Gasteiger partial charge in [0.25, 0.3) is 0 Å². The first-order valence-electron chi connectivity index (χ1n) is 4.78. The Morgan fingerprint density at radius 1 is 1.29 bits per heavy atom. The Morgan fingerprint density at radius 3 is 2.47 bits per heavy atom. The highest BCUT2D eigenvalue weighted by molar-refractivity contribution is 8.14. The minimum atomic E-state index is -4.59. The van der Waals surface area contributed by atoms with Gasteiger partial charge in [0.15, 0.2) is 5.04 Å². The molecule has 2 aliphatic heterocycles. The van der Waals surface area contributed by atoms with Gasteiger partial charge in [-0.3, -0.25) is 4.99 Å². The lowest BCUT2D eigenvalue weighted by Crippen LogP contribution is -2.55. The molecule has 0 bridgehead atoms. The highest BCUT2D eigenvalue weighted by atomic mass is 32.2. The van der Waals surface area contributed by atoms with E-state index in [-0.39, 0.29) is 0 Å². The van der Waals surface area contributed by atoms with E-state index >= 15 is 0 Å². The van der Waals surface area contributed by atoms with Crippen LogP contribution in [0.2, 0.25) is 0 Å². The van der Waals surface area contributed by atoms with E-state index in [1.165, 1.54) is 0 Å². The first kappa shape index (κ1) is 13.1. The lowest BCUT2D eigenvalue weighted by molar-refractivity contribution is -0.164. The molecule has 2 rings (SSSR count). The number of alkyl halides is 3. The van der Waals surface area contributed by atoms with E-state index in [2.05, 4.69) is 4.99 Å². The van der Waals surface area contributed by atoms with Crippen molar-refractivity contribution in [2.24, 2.45) is 4.99 Å². The first-order valence-corrected chi connectivity index (χ1v) is 5.66. The van der Waals surface area contributed by atoms with Crippen LogP contribution in [-0.4, -0.2) is 62.9 Å². The highest BCUT2D eigenvalue weighted by Gasteiger charge is 2.52. The van der Waals surface area contributed by atoms with Crippen LogP contribution in [0.1, 0.15) is 0 Å². The Kier molecular flexibility index (Phi) is 3.38. The summed E-state index contributed by atoms with van der Waals surface area (Å²) in [5.41, 5.74) is -1.03. The number of ether oxygens (including phenoxy) is 1. The van der Waals surface area contributed by atoms with Gasteiger partial charge in [-0.25, -0.2) is 0 Å². The molecule has 98 valence electrons. The van der Waals surface area contributed by atoms with Crippen LogP contribution in [0.15, 0.2) is 4.99 Å². The fraction of sp³-hybridized carbons (Fsp3) is 0.875. The second-order valence-corrected chi connectivity index (χ2v) is 4.83. The molecule has 0 aromatic heterocycles. The molecule has 0 saturated carbocycles. The van der Waals surface area contributed by atoms with Crippen molar-refractivity contribution < 1.29 is 33.2 Å². The second kappa shape index (κ2) is 4.39. The molecule has 0 aromatic rings. The van der Waals surface area contributed by atoms with Crippen LogP contribution < -0.4 is 0 Å². The fourth-order valence-electron chi connectivity index (χ4n) is 1.72. The topological polar surface area (TPSA) is 82.3 Å². The molecule has 0 radical (unpaired) electrons. The lowest BCUT2D eigenvalue weighted by atomic mass is 9.99. The SMILES string of the molecule is OCC1OC2SC(C(F)(F)F)=NC2[C@@H](O)[C@@H]1O. The minimum Gasteiger partial charge on any atom is -0.394 e. The maximum atomic E-state index is 12.4. The largest absolute Gasteiger partial charge is 0.439 e. The zero-order valence-corrected chi connectivity index (χ0v) is 9.15. The van der Waals surface area contributed by atoms with Crippen LogP contribution in [0.5, 0.6) is 0 Å². The summed E-state index contributed by atoms with van der Waals surface area (Å²) in [7, 11) is 0. The molecule has 3 N–H and O–H groups in total. The van der Waals surface area contributed by atoms with Gasteiger partial charge >= 0.3 is 6.18 Å². The number of aliphatic hydroxyl groups excluding tert-OH is 3. The summed E-state index contributed by atoms with van der Waals surface area (Å²) < 4.78 is 42.3. The van der Waals surface area contributed by atoms with E-state index < -0.39 is 47.6 Å². The molecule has 2 heterocycles. The molecule has 2 aliphatic rings. The van der Waals surface area contributed by atoms with Crippen LogP contribution in [0.25, 0.3) is 0 Å². The van der Waals surface area contributed by atoms with Gasteiger partial charge < -0.3 is 20.1 Å². The molecule has 1 saturated heterocycles. The van der Waals surface area contributed by atoms with Crippen LogP contribution in [-0.2, 0) is 4.74 Å².